The summed E-state index contributed by atoms with van der Waals surface area (Å²) in [6.07, 6.45) is 4.08. The van der Waals surface area contributed by atoms with E-state index in [0.717, 1.165) is 18.6 Å². The average Bonchev–Trinajstić information content (AvgIpc) is 1.89. The molecule has 0 rings (SSSR count). The van der Waals surface area contributed by atoms with Crippen LogP contribution < -0.4 is 5.73 Å². The molecular weight excluding hydrogens is 146 g/mol. The molecule has 0 aliphatic heterocycles. The highest BCUT2D eigenvalue weighted by Crippen LogP contribution is 2.09. The molecule has 0 saturated carbocycles. The first-order valence-corrected chi connectivity index (χ1v) is 4.90. The van der Waals surface area contributed by atoms with Crippen LogP contribution in [0.3, 0.4) is 0 Å². The van der Waals surface area contributed by atoms with E-state index in [1.807, 2.05) is 18.7 Å². The van der Waals surface area contributed by atoms with E-state index in [1.54, 1.807) is 0 Å². The van der Waals surface area contributed by atoms with Gasteiger partial charge in [-0.15, -0.1) is 0 Å². The minimum Gasteiger partial charge on any atom is -0.394 e. The zero-order valence-electron chi connectivity index (χ0n) is 6.76. The molecular formula is C7H17NOS. The lowest BCUT2D eigenvalue weighted by atomic mass is 9.99. The number of nitrogens with two attached hydrogens (primary N) is 1. The number of rotatable bonds is 5. The van der Waals surface area contributed by atoms with Crippen molar-refractivity contribution < 1.29 is 5.11 Å². The molecule has 0 amide bonds. The van der Waals surface area contributed by atoms with Crippen LogP contribution in [0.15, 0.2) is 0 Å². The first kappa shape index (κ1) is 10.3. The fourth-order valence-electron chi connectivity index (χ4n) is 0.699. The Morgan fingerprint density at radius 3 is 2.60 bits per heavy atom. The molecule has 3 heteroatoms. The fraction of sp³-hybridized carbons (Fsp3) is 1.00. The highest BCUT2D eigenvalue weighted by molar-refractivity contribution is 7.98. The van der Waals surface area contributed by atoms with Crippen LogP contribution in [0.1, 0.15) is 19.8 Å². The summed E-state index contributed by atoms with van der Waals surface area (Å²) in [5.41, 5.74) is 5.33. The maximum absolute atomic E-state index is 8.76. The lowest BCUT2D eigenvalue weighted by molar-refractivity contribution is 0.200. The Hall–Kier alpha value is 0.270. The molecule has 0 bridgehead atoms. The van der Waals surface area contributed by atoms with Gasteiger partial charge in [-0.05, 0) is 31.8 Å². The minimum absolute atomic E-state index is 0.0847. The Morgan fingerprint density at radius 2 is 2.20 bits per heavy atom. The molecule has 0 heterocycles. The maximum atomic E-state index is 8.76. The van der Waals surface area contributed by atoms with E-state index in [9.17, 15) is 0 Å². The van der Waals surface area contributed by atoms with Crippen molar-refractivity contribution >= 4 is 11.8 Å². The molecule has 0 aliphatic rings. The van der Waals surface area contributed by atoms with Crippen molar-refractivity contribution in [3.63, 3.8) is 0 Å². The van der Waals surface area contributed by atoms with Crippen LogP contribution in [0.5, 0.6) is 0 Å². The molecule has 0 aromatic heterocycles. The van der Waals surface area contributed by atoms with Crippen LogP contribution in [0.25, 0.3) is 0 Å². The van der Waals surface area contributed by atoms with Gasteiger partial charge in [0.25, 0.3) is 0 Å². The summed E-state index contributed by atoms with van der Waals surface area (Å²) in [6, 6.07) is 0. The third-order valence-electron chi connectivity index (χ3n) is 1.46. The van der Waals surface area contributed by atoms with Crippen molar-refractivity contribution in [3.05, 3.63) is 0 Å². The van der Waals surface area contributed by atoms with Gasteiger partial charge >= 0.3 is 0 Å². The molecule has 10 heavy (non-hydrogen) atoms. The first-order chi connectivity index (χ1) is 4.62. The molecule has 0 aromatic rings. The largest absolute Gasteiger partial charge is 0.394 e. The van der Waals surface area contributed by atoms with Gasteiger partial charge in [-0.3, -0.25) is 0 Å². The third-order valence-corrected chi connectivity index (χ3v) is 2.15. The van der Waals surface area contributed by atoms with Gasteiger partial charge in [-0.2, -0.15) is 11.8 Å². The maximum Gasteiger partial charge on any atom is 0.0608 e. The van der Waals surface area contributed by atoms with Gasteiger partial charge in [0.1, 0.15) is 0 Å². The molecule has 0 aromatic carbocycles. The number of aliphatic hydroxyl groups is 1. The molecule has 1 atom stereocenters. The second kappa shape index (κ2) is 4.99. The summed E-state index contributed by atoms with van der Waals surface area (Å²) >= 11 is 1.82. The number of hydrogen-bond acceptors (Lipinski definition) is 3. The molecule has 3 N–H and O–H groups in total. The third kappa shape index (κ3) is 5.09. The summed E-state index contributed by atoms with van der Waals surface area (Å²) in [5.74, 6) is 1.13. The number of aliphatic hydroxyl groups excluding tert-OH is 1. The minimum atomic E-state index is -0.365. The Kier molecular flexibility index (Phi) is 5.13. The molecule has 1 unspecified atom stereocenters. The number of hydrogen-bond donors (Lipinski definition) is 2. The molecule has 2 nitrogen and oxygen atoms in total. The van der Waals surface area contributed by atoms with E-state index in [-0.39, 0.29) is 12.1 Å². The SMILES string of the molecule is CSCCCC(C)(N)CO. The van der Waals surface area contributed by atoms with Crippen molar-refractivity contribution in [2.75, 3.05) is 18.6 Å². The summed E-state index contributed by atoms with van der Waals surface area (Å²) in [5, 5.41) is 8.76. The second-order valence-corrected chi connectivity index (χ2v) is 3.89. The van der Waals surface area contributed by atoms with Crippen LogP contribution in [0, 0.1) is 0 Å². The highest BCUT2D eigenvalue weighted by atomic mass is 32.2. The van der Waals surface area contributed by atoms with Gasteiger partial charge < -0.3 is 10.8 Å². The quantitative estimate of drug-likeness (QED) is 0.590. The smallest absolute Gasteiger partial charge is 0.0608 e. The Bertz CT molecular complexity index is 85.7. The average molecular weight is 163 g/mol. The monoisotopic (exact) mass is 163 g/mol. The fourth-order valence-corrected chi connectivity index (χ4v) is 1.13. The zero-order chi connectivity index (χ0) is 8.04. The van der Waals surface area contributed by atoms with Gasteiger partial charge in [-0.1, -0.05) is 0 Å². The molecule has 0 radical (unpaired) electrons. The van der Waals surface area contributed by atoms with Gasteiger partial charge in [0.05, 0.1) is 6.61 Å². The summed E-state index contributed by atoms with van der Waals surface area (Å²) in [4.78, 5) is 0. The Morgan fingerprint density at radius 1 is 1.60 bits per heavy atom. The van der Waals surface area contributed by atoms with Crippen molar-refractivity contribution in [3.8, 4) is 0 Å². The molecule has 0 aliphatic carbocycles. The Labute approximate surface area is 67.2 Å². The summed E-state index contributed by atoms with van der Waals surface area (Å²) in [6.45, 7) is 1.97. The van der Waals surface area contributed by atoms with Crippen LogP contribution in [-0.2, 0) is 0 Å². The normalized spacial score (nSPS) is 16.8. The zero-order valence-corrected chi connectivity index (χ0v) is 7.58. The second-order valence-electron chi connectivity index (χ2n) is 2.91. The van der Waals surface area contributed by atoms with E-state index in [4.69, 9.17) is 10.8 Å². The van der Waals surface area contributed by atoms with Gasteiger partial charge in [0.15, 0.2) is 0 Å². The lowest BCUT2D eigenvalue weighted by Gasteiger charge is -2.20. The van der Waals surface area contributed by atoms with E-state index in [2.05, 4.69) is 6.26 Å². The predicted molar refractivity (Wildman–Crippen MR) is 47.3 cm³/mol. The van der Waals surface area contributed by atoms with E-state index >= 15 is 0 Å². The van der Waals surface area contributed by atoms with Crippen LogP contribution in [0.2, 0.25) is 0 Å². The molecule has 0 saturated heterocycles. The number of thioether (sulfide) groups is 1. The van der Waals surface area contributed by atoms with Gasteiger partial charge in [0.2, 0.25) is 0 Å². The van der Waals surface area contributed by atoms with Gasteiger partial charge in [0, 0.05) is 5.54 Å². The highest BCUT2D eigenvalue weighted by Gasteiger charge is 2.15. The van der Waals surface area contributed by atoms with Gasteiger partial charge in [-0.25, -0.2) is 0 Å². The van der Waals surface area contributed by atoms with Crippen molar-refractivity contribution in [2.45, 2.75) is 25.3 Å². The predicted octanol–water partition coefficient (Wildman–Crippen LogP) is 0.839. The molecule has 62 valence electrons. The van der Waals surface area contributed by atoms with Crippen LogP contribution in [-0.4, -0.2) is 29.3 Å². The lowest BCUT2D eigenvalue weighted by Crippen LogP contribution is -2.40. The van der Waals surface area contributed by atoms with Crippen LogP contribution in [0.4, 0.5) is 0 Å². The summed E-state index contributed by atoms with van der Waals surface area (Å²) in [7, 11) is 0. The molecule has 0 fully saturated rings. The van der Waals surface area contributed by atoms with Crippen molar-refractivity contribution in [1.82, 2.24) is 0 Å². The van der Waals surface area contributed by atoms with E-state index < -0.39 is 0 Å². The van der Waals surface area contributed by atoms with Crippen molar-refractivity contribution in [1.29, 1.82) is 0 Å². The molecule has 0 spiro atoms. The topological polar surface area (TPSA) is 46.2 Å². The van der Waals surface area contributed by atoms with Crippen LogP contribution >= 0.6 is 11.8 Å². The first-order valence-electron chi connectivity index (χ1n) is 3.51. The van der Waals surface area contributed by atoms with E-state index in [1.165, 1.54) is 0 Å². The Balaban J connectivity index is 3.28. The summed E-state index contributed by atoms with van der Waals surface area (Å²) < 4.78 is 0. The van der Waals surface area contributed by atoms with Crippen molar-refractivity contribution in [2.24, 2.45) is 5.73 Å². The standard InChI is InChI=1S/C7H17NOS/c1-7(8,6-9)4-3-5-10-2/h9H,3-6,8H2,1-2H3. The van der Waals surface area contributed by atoms with E-state index in [0.29, 0.717) is 0 Å².